The average molecular weight is 526 g/mol. The van der Waals surface area contributed by atoms with Crippen LogP contribution in [0.2, 0.25) is 5.02 Å². The van der Waals surface area contributed by atoms with E-state index in [1.54, 1.807) is 23.1 Å². The highest BCUT2D eigenvalue weighted by Crippen LogP contribution is 2.39. The Morgan fingerprint density at radius 2 is 1.82 bits per heavy atom. The summed E-state index contributed by atoms with van der Waals surface area (Å²) in [5, 5.41) is 8.43. The van der Waals surface area contributed by atoms with Gasteiger partial charge in [0.1, 0.15) is 11.6 Å². The summed E-state index contributed by atoms with van der Waals surface area (Å²) in [5.41, 5.74) is 5.62. The number of amides is 2. The number of halogens is 2. The number of nitrogens with zero attached hydrogens (tertiary/aromatic N) is 4. The molecule has 3 heterocycles. The molecule has 38 heavy (non-hydrogen) atoms. The maximum Gasteiger partial charge on any atom is 0.322 e. The van der Waals surface area contributed by atoms with Gasteiger partial charge in [0.05, 0.1) is 29.7 Å². The van der Waals surface area contributed by atoms with Gasteiger partial charge in [0.15, 0.2) is 0 Å². The number of fused-ring (bicyclic) bond motifs is 3. The van der Waals surface area contributed by atoms with Gasteiger partial charge >= 0.3 is 6.03 Å². The molecule has 5 aromatic rings. The van der Waals surface area contributed by atoms with Gasteiger partial charge in [0, 0.05) is 22.5 Å². The lowest BCUT2D eigenvalue weighted by atomic mass is 10.0. The van der Waals surface area contributed by atoms with Crippen LogP contribution in [0.1, 0.15) is 34.1 Å². The number of carbonyl (C=O) groups excluding carboxylic acids is 1. The van der Waals surface area contributed by atoms with Gasteiger partial charge in [0.25, 0.3) is 0 Å². The van der Waals surface area contributed by atoms with Crippen molar-refractivity contribution in [2.24, 2.45) is 0 Å². The Balaban J connectivity index is 1.54. The fraction of sp³-hybridized carbons (Fsp3) is 0.133. The fourth-order valence-electron chi connectivity index (χ4n) is 5.09. The first-order chi connectivity index (χ1) is 18.4. The standard InChI is InChI=1S/C30H25ClFN5O/c1-19-13-14-22(31)17-26(19)33-30(38)36-18-25-20(2)34-37(24-10-4-3-5-11-24)29(25)35-15-7-12-27(35)28(36)21-8-6-9-23(32)16-21/h3-17,28H,18H2,1-2H3,(H,33,38). The Hall–Kier alpha value is -4.36. The molecule has 2 aromatic heterocycles. The number of rotatable bonds is 3. The summed E-state index contributed by atoms with van der Waals surface area (Å²) < 4.78 is 18.4. The molecule has 1 atom stereocenters. The maximum atomic E-state index is 14.5. The lowest BCUT2D eigenvalue weighted by molar-refractivity contribution is 0.194. The summed E-state index contributed by atoms with van der Waals surface area (Å²) in [7, 11) is 0. The van der Waals surface area contributed by atoms with Gasteiger partial charge < -0.3 is 14.8 Å². The summed E-state index contributed by atoms with van der Waals surface area (Å²) in [4.78, 5) is 15.8. The van der Waals surface area contributed by atoms with E-state index >= 15 is 0 Å². The molecule has 3 aromatic carbocycles. The molecule has 1 N–H and O–H groups in total. The highest BCUT2D eigenvalue weighted by atomic mass is 35.5. The molecule has 0 bridgehead atoms. The van der Waals surface area contributed by atoms with Crippen LogP contribution in [0.15, 0.2) is 91.1 Å². The smallest absolute Gasteiger partial charge is 0.307 e. The molecule has 190 valence electrons. The van der Waals surface area contributed by atoms with E-state index in [2.05, 4.69) is 9.88 Å². The van der Waals surface area contributed by atoms with Crippen LogP contribution < -0.4 is 5.32 Å². The van der Waals surface area contributed by atoms with Crippen molar-refractivity contribution in [1.29, 1.82) is 0 Å². The number of nitrogens with one attached hydrogen (secondary N) is 1. The zero-order valence-corrected chi connectivity index (χ0v) is 21.7. The van der Waals surface area contributed by atoms with E-state index in [-0.39, 0.29) is 18.4 Å². The van der Waals surface area contributed by atoms with E-state index in [1.807, 2.05) is 79.3 Å². The van der Waals surface area contributed by atoms with Crippen molar-refractivity contribution < 1.29 is 9.18 Å². The minimum atomic E-state index is -0.559. The first-order valence-electron chi connectivity index (χ1n) is 12.3. The molecule has 0 fully saturated rings. The molecule has 0 saturated carbocycles. The molecule has 0 radical (unpaired) electrons. The van der Waals surface area contributed by atoms with Crippen LogP contribution in [0.3, 0.4) is 0 Å². The SMILES string of the molecule is Cc1ccc(Cl)cc1NC(=O)N1Cc2c(C)nn(-c3ccccc3)c2-n2cccc2C1c1cccc(F)c1. The Labute approximate surface area is 224 Å². The second-order valence-electron chi connectivity index (χ2n) is 9.41. The minimum absolute atomic E-state index is 0.266. The van der Waals surface area contributed by atoms with Crippen molar-refractivity contribution in [2.45, 2.75) is 26.4 Å². The summed E-state index contributed by atoms with van der Waals surface area (Å²) in [5.74, 6) is 0.490. The van der Waals surface area contributed by atoms with Crippen LogP contribution in [0.5, 0.6) is 0 Å². The van der Waals surface area contributed by atoms with Crippen molar-refractivity contribution in [3.05, 3.63) is 130 Å². The number of anilines is 1. The second-order valence-corrected chi connectivity index (χ2v) is 9.85. The van der Waals surface area contributed by atoms with Crippen LogP contribution in [0.4, 0.5) is 14.9 Å². The quantitative estimate of drug-likeness (QED) is 0.270. The van der Waals surface area contributed by atoms with E-state index < -0.39 is 6.04 Å². The highest BCUT2D eigenvalue weighted by Gasteiger charge is 2.36. The van der Waals surface area contributed by atoms with Crippen molar-refractivity contribution >= 4 is 23.3 Å². The van der Waals surface area contributed by atoms with E-state index in [0.717, 1.165) is 34.0 Å². The van der Waals surface area contributed by atoms with Crippen LogP contribution in [-0.4, -0.2) is 25.3 Å². The fourth-order valence-corrected chi connectivity index (χ4v) is 5.26. The zero-order valence-electron chi connectivity index (χ0n) is 20.9. The number of hydrogen-bond acceptors (Lipinski definition) is 2. The Bertz CT molecular complexity index is 1660. The Morgan fingerprint density at radius 1 is 1.00 bits per heavy atom. The van der Waals surface area contributed by atoms with Crippen molar-refractivity contribution in [1.82, 2.24) is 19.2 Å². The van der Waals surface area contributed by atoms with E-state index in [1.165, 1.54) is 12.1 Å². The molecule has 2 amide bonds. The highest BCUT2D eigenvalue weighted by molar-refractivity contribution is 6.31. The maximum absolute atomic E-state index is 14.5. The molecule has 8 heteroatoms. The Kier molecular flexibility index (Phi) is 6.00. The molecule has 0 saturated heterocycles. The largest absolute Gasteiger partial charge is 0.322 e. The number of aromatic nitrogens is 3. The van der Waals surface area contributed by atoms with Crippen molar-refractivity contribution in [3.63, 3.8) is 0 Å². The first kappa shape index (κ1) is 24.0. The van der Waals surface area contributed by atoms with E-state index in [9.17, 15) is 9.18 Å². The monoisotopic (exact) mass is 525 g/mol. The average Bonchev–Trinajstić information content (AvgIpc) is 3.47. The first-order valence-corrected chi connectivity index (χ1v) is 12.7. The van der Waals surface area contributed by atoms with Crippen LogP contribution >= 0.6 is 11.6 Å². The Morgan fingerprint density at radius 3 is 2.61 bits per heavy atom. The predicted molar refractivity (Wildman–Crippen MR) is 147 cm³/mol. The minimum Gasteiger partial charge on any atom is -0.307 e. The van der Waals surface area contributed by atoms with Crippen LogP contribution in [0, 0.1) is 19.7 Å². The molecular formula is C30H25ClFN5O. The number of hydrogen-bond donors (Lipinski definition) is 1. The number of para-hydroxylation sites is 1. The van der Waals surface area contributed by atoms with Gasteiger partial charge in [-0.3, -0.25) is 0 Å². The summed E-state index contributed by atoms with van der Waals surface area (Å²) >= 11 is 6.23. The third-order valence-corrected chi connectivity index (χ3v) is 7.19. The third-order valence-electron chi connectivity index (χ3n) is 6.95. The van der Waals surface area contributed by atoms with Gasteiger partial charge in [-0.25, -0.2) is 13.9 Å². The summed E-state index contributed by atoms with van der Waals surface area (Å²) in [6.45, 7) is 4.12. The molecule has 1 unspecified atom stereocenters. The topological polar surface area (TPSA) is 55.1 Å². The number of urea groups is 1. The molecule has 0 aliphatic carbocycles. The van der Waals surface area contributed by atoms with Gasteiger partial charge in [-0.15, -0.1) is 0 Å². The summed E-state index contributed by atoms with van der Waals surface area (Å²) in [6, 6.07) is 24.7. The summed E-state index contributed by atoms with van der Waals surface area (Å²) in [6.07, 6.45) is 1.96. The lowest BCUT2D eigenvalue weighted by Gasteiger charge is -2.31. The number of aryl methyl sites for hydroxylation is 2. The zero-order chi connectivity index (χ0) is 26.4. The molecule has 1 aliphatic rings. The lowest BCUT2D eigenvalue weighted by Crippen LogP contribution is -2.38. The molecule has 0 spiro atoms. The molecule has 6 nitrogen and oxygen atoms in total. The van der Waals surface area contributed by atoms with Gasteiger partial charge in [0.2, 0.25) is 0 Å². The predicted octanol–water partition coefficient (Wildman–Crippen LogP) is 7.21. The number of carbonyl (C=O) groups is 1. The van der Waals surface area contributed by atoms with Crippen LogP contribution in [-0.2, 0) is 6.54 Å². The van der Waals surface area contributed by atoms with Crippen molar-refractivity contribution in [3.8, 4) is 11.5 Å². The van der Waals surface area contributed by atoms with E-state index in [4.69, 9.17) is 16.7 Å². The normalized spacial score (nSPS) is 14.5. The van der Waals surface area contributed by atoms with Gasteiger partial charge in [-0.2, -0.15) is 5.10 Å². The molecule has 6 rings (SSSR count). The van der Waals surface area contributed by atoms with Crippen LogP contribution in [0.25, 0.3) is 11.5 Å². The van der Waals surface area contributed by atoms with Crippen molar-refractivity contribution in [2.75, 3.05) is 5.32 Å². The van der Waals surface area contributed by atoms with E-state index in [0.29, 0.717) is 16.3 Å². The number of benzene rings is 3. The molecule has 1 aliphatic heterocycles. The second kappa shape index (κ2) is 9.50. The third kappa shape index (κ3) is 4.15. The van der Waals surface area contributed by atoms with Gasteiger partial charge in [-0.1, -0.05) is 48.0 Å². The molecular weight excluding hydrogens is 501 g/mol. The van der Waals surface area contributed by atoms with Gasteiger partial charge in [-0.05, 0) is 73.5 Å².